The smallest absolute Gasteiger partial charge is 0.00768 e. The molecule has 0 aromatic rings. The Morgan fingerprint density at radius 1 is 1.09 bits per heavy atom. The lowest BCUT2D eigenvalue weighted by molar-refractivity contribution is 0.587. The Morgan fingerprint density at radius 2 is 1.82 bits per heavy atom. The fraction of sp³-hybridized carbons (Fsp3) is 1.00. The summed E-state index contributed by atoms with van der Waals surface area (Å²) in [5.41, 5.74) is 0. The quantitative estimate of drug-likeness (QED) is 0.537. The van der Waals surface area contributed by atoms with E-state index in [0.29, 0.717) is 0 Å². The molecule has 2 heteroatoms. The van der Waals surface area contributed by atoms with E-state index in [1.54, 1.807) is 0 Å². The van der Waals surface area contributed by atoms with Gasteiger partial charge in [-0.1, -0.05) is 6.92 Å². The van der Waals surface area contributed by atoms with Crippen LogP contribution in [0.2, 0.25) is 0 Å². The van der Waals surface area contributed by atoms with E-state index in [1.807, 2.05) is 0 Å². The van der Waals surface area contributed by atoms with Crippen LogP contribution in [-0.4, -0.2) is 26.2 Å². The third-order valence-corrected chi connectivity index (χ3v) is 2.04. The van der Waals surface area contributed by atoms with Gasteiger partial charge in [-0.3, -0.25) is 0 Å². The van der Waals surface area contributed by atoms with E-state index >= 15 is 0 Å². The maximum absolute atomic E-state index is 3.44. The highest BCUT2D eigenvalue weighted by Gasteiger charge is 2.19. The van der Waals surface area contributed by atoms with Crippen LogP contribution in [0.3, 0.4) is 0 Å². The van der Waals surface area contributed by atoms with Gasteiger partial charge in [0, 0.05) is 13.1 Å². The van der Waals surface area contributed by atoms with Crippen molar-refractivity contribution in [1.29, 1.82) is 0 Å². The highest BCUT2D eigenvalue weighted by Crippen LogP contribution is 2.27. The zero-order valence-corrected chi connectivity index (χ0v) is 7.53. The molecule has 1 aliphatic carbocycles. The lowest BCUT2D eigenvalue weighted by Gasteiger charge is -2.03. The average Bonchev–Trinajstić information content (AvgIpc) is 2.80. The standard InChI is InChI=1S/C9H20N2/c1-2-5-10-6-7-11-8-9-3-4-9/h9-11H,2-8H2,1H3. The summed E-state index contributed by atoms with van der Waals surface area (Å²) in [4.78, 5) is 0. The van der Waals surface area contributed by atoms with Crippen LogP contribution in [0, 0.1) is 5.92 Å². The number of rotatable bonds is 7. The molecular formula is C9H20N2. The van der Waals surface area contributed by atoms with Crippen molar-refractivity contribution >= 4 is 0 Å². The summed E-state index contributed by atoms with van der Waals surface area (Å²) in [6.07, 6.45) is 4.15. The minimum Gasteiger partial charge on any atom is -0.315 e. The van der Waals surface area contributed by atoms with Gasteiger partial charge in [0.25, 0.3) is 0 Å². The lowest BCUT2D eigenvalue weighted by Crippen LogP contribution is -2.28. The molecule has 2 N–H and O–H groups in total. The first-order valence-corrected chi connectivity index (χ1v) is 4.85. The fourth-order valence-electron chi connectivity index (χ4n) is 1.11. The third-order valence-electron chi connectivity index (χ3n) is 2.04. The van der Waals surface area contributed by atoms with Crippen molar-refractivity contribution in [1.82, 2.24) is 10.6 Å². The summed E-state index contributed by atoms with van der Waals surface area (Å²) in [5, 5.41) is 6.81. The van der Waals surface area contributed by atoms with Crippen LogP contribution < -0.4 is 10.6 Å². The second-order valence-electron chi connectivity index (χ2n) is 3.40. The van der Waals surface area contributed by atoms with Gasteiger partial charge in [-0.2, -0.15) is 0 Å². The molecule has 0 aromatic heterocycles. The molecule has 11 heavy (non-hydrogen) atoms. The second kappa shape index (κ2) is 5.56. The van der Waals surface area contributed by atoms with Crippen LogP contribution in [0.15, 0.2) is 0 Å². The number of hydrogen-bond acceptors (Lipinski definition) is 2. The second-order valence-corrected chi connectivity index (χ2v) is 3.40. The molecule has 0 saturated heterocycles. The fourth-order valence-corrected chi connectivity index (χ4v) is 1.11. The normalized spacial score (nSPS) is 17.2. The van der Waals surface area contributed by atoms with E-state index in [2.05, 4.69) is 17.6 Å². The van der Waals surface area contributed by atoms with Crippen LogP contribution in [0.25, 0.3) is 0 Å². The first-order chi connectivity index (χ1) is 5.43. The average molecular weight is 156 g/mol. The van der Waals surface area contributed by atoms with Crippen LogP contribution in [0.5, 0.6) is 0 Å². The maximum Gasteiger partial charge on any atom is 0.00768 e. The Kier molecular flexibility index (Phi) is 4.55. The zero-order chi connectivity index (χ0) is 7.94. The van der Waals surface area contributed by atoms with Gasteiger partial charge in [0.2, 0.25) is 0 Å². The van der Waals surface area contributed by atoms with Gasteiger partial charge in [0.15, 0.2) is 0 Å². The molecule has 1 rings (SSSR count). The molecule has 2 nitrogen and oxygen atoms in total. The minimum atomic E-state index is 1.01. The van der Waals surface area contributed by atoms with Crippen molar-refractivity contribution in [2.24, 2.45) is 5.92 Å². The summed E-state index contributed by atoms with van der Waals surface area (Å²) in [6, 6.07) is 0. The van der Waals surface area contributed by atoms with E-state index in [-0.39, 0.29) is 0 Å². The summed E-state index contributed by atoms with van der Waals surface area (Å²) in [6.45, 7) is 6.86. The highest BCUT2D eigenvalue weighted by molar-refractivity contribution is 4.75. The molecule has 0 spiro atoms. The molecule has 0 atom stereocenters. The van der Waals surface area contributed by atoms with Gasteiger partial charge in [0.05, 0.1) is 0 Å². The van der Waals surface area contributed by atoms with Crippen LogP contribution in [0.4, 0.5) is 0 Å². The lowest BCUT2D eigenvalue weighted by atomic mass is 10.4. The van der Waals surface area contributed by atoms with Gasteiger partial charge >= 0.3 is 0 Å². The van der Waals surface area contributed by atoms with Gasteiger partial charge in [-0.05, 0) is 38.3 Å². The van der Waals surface area contributed by atoms with Gasteiger partial charge < -0.3 is 10.6 Å². The largest absolute Gasteiger partial charge is 0.315 e. The predicted molar refractivity (Wildman–Crippen MR) is 48.8 cm³/mol. The molecule has 1 aliphatic rings. The maximum atomic E-state index is 3.44. The van der Waals surface area contributed by atoms with Crippen LogP contribution >= 0.6 is 0 Å². The predicted octanol–water partition coefficient (Wildman–Crippen LogP) is 0.986. The van der Waals surface area contributed by atoms with Crippen molar-refractivity contribution in [3.05, 3.63) is 0 Å². The van der Waals surface area contributed by atoms with Crippen molar-refractivity contribution in [3.63, 3.8) is 0 Å². The SMILES string of the molecule is CCCNCCNCC1CC1. The Hall–Kier alpha value is -0.0800. The van der Waals surface area contributed by atoms with Crippen LogP contribution in [-0.2, 0) is 0 Å². The topological polar surface area (TPSA) is 24.1 Å². The molecule has 0 unspecified atom stereocenters. The van der Waals surface area contributed by atoms with Gasteiger partial charge in [-0.25, -0.2) is 0 Å². The third kappa shape index (κ3) is 5.22. The van der Waals surface area contributed by atoms with Crippen molar-refractivity contribution < 1.29 is 0 Å². The summed E-state index contributed by atoms with van der Waals surface area (Å²) in [7, 11) is 0. The first-order valence-electron chi connectivity index (χ1n) is 4.85. The molecule has 0 bridgehead atoms. The molecule has 1 saturated carbocycles. The van der Waals surface area contributed by atoms with Crippen molar-refractivity contribution in [2.75, 3.05) is 26.2 Å². The molecular weight excluding hydrogens is 136 g/mol. The summed E-state index contributed by atoms with van der Waals surface area (Å²) < 4.78 is 0. The minimum absolute atomic E-state index is 1.01. The van der Waals surface area contributed by atoms with E-state index < -0.39 is 0 Å². The molecule has 0 radical (unpaired) electrons. The van der Waals surface area contributed by atoms with E-state index in [0.717, 1.165) is 25.6 Å². The molecule has 1 fully saturated rings. The zero-order valence-electron chi connectivity index (χ0n) is 7.53. The Morgan fingerprint density at radius 3 is 2.45 bits per heavy atom. The van der Waals surface area contributed by atoms with E-state index in [9.17, 15) is 0 Å². The van der Waals surface area contributed by atoms with E-state index in [1.165, 1.54) is 25.8 Å². The Balaban J connectivity index is 1.66. The number of hydrogen-bond donors (Lipinski definition) is 2. The molecule has 0 aromatic carbocycles. The summed E-state index contributed by atoms with van der Waals surface area (Å²) >= 11 is 0. The Labute approximate surface area is 69.8 Å². The molecule has 0 heterocycles. The highest BCUT2D eigenvalue weighted by atomic mass is 14.9. The van der Waals surface area contributed by atoms with Gasteiger partial charge in [0.1, 0.15) is 0 Å². The number of nitrogens with one attached hydrogen (secondary N) is 2. The van der Waals surface area contributed by atoms with Crippen molar-refractivity contribution in [2.45, 2.75) is 26.2 Å². The molecule has 0 amide bonds. The van der Waals surface area contributed by atoms with Crippen molar-refractivity contribution in [3.8, 4) is 0 Å². The monoisotopic (exact) mass is 156 g/mol. The van der Waals surface area contributed by atoms with E-state index in [4.69, 9.17) is 0 Å². The van der Waals surface area contributed by atoms with Gasteiger partial charge in [-0.15, -0.1) is 0 Å². The summed E-state index contributed by atoms with van der Waals surface area (Å²) in [5.74, 6) is 1.01. The Bertz CT molecular complexity index is 89.6. The first kappa shape index (κ1) is 9.01. The molecule has 0 aliphatic heterocycles. The van der Waals surface area contributed by atoms with Crippen LogP contribution in [0.1, 0.15) is 26.2 Å². The molecule has 66 valence electrons.